The normalized spacial score (nSPS) is 22.3. The molecule has 282 valence electrons. The number of nitrogens with zero attached hydrogens (tertiary/aromatic N) is 1. The maximum Gasteiger partial charge on any atom is 0.408 e. The second-order valence-corrected chi connectivity index (χ2v) is 16.7. The zero-order valence-corrected chi connectivity index (χ0v) is 32.0. The SMILES string of the molecule is CCCC(NC(=O)C1C(C(=O)[C@@H](NC(=O)OC(C)(C)C)C(C)(C)C)C[C@H]2[C@@H]1C2(C)C)C(=O)C(=O)NCC(=O)NC(C(=O)N(C)C)c1ccccc1. The summed E-state index contributed by atoms with van der Waals surface area (Å²) >= 11 is 0. The van der Waals surface area contributed by atoms with E-state index < -0.39 is 77.1 Å². The molecule has 1 aromatic carbocycles. The van der Waals surface area contributed by atoms with Gasteiger partial charge in [-0.25, -0.2) is 4.79 Å². The summed E-state index contributed by atoms with van der Waals surface area (Å²) in [4.78, 5) is 94.4. The minimum atomic E-state index is -1.19. The van der Waals surface area contributed by atoms with Crippen molar-refractivity contribution in [1.29, 1.82) is 0 Å². The fourth-order valence-corrected chi connectivity index (χ4v) is 7.25. The van der Waals surface area contributed by atoms with Crippen LogP contribution in [0.25, 0.3) is 0 Å². The quantitative estimate of drug-likeness (QED) is 0.212. The van der Waals surface area contributed by atoms with Crippen LogP contribution in [0.4, 0.5) is 4.79 Å². The molecule has 0 spiro atoms. The molecule has 4 unspecified atom stereocenters. The van der Waals surface area contributed by atoms with Gasteiger partial charge in [0.1, 0.15) is 11.6 Å². The van der Waals surface area contributed by atoms with E-state index in [1.807, 2.05) is 41.5 Å². The zero-order valence-electron chi connectivity index (χ0n) is 32.0. The third-order valence-electron chi connectivity index (χ3n) is 9.92. The van der Waals surface area contributed by atoms with Crippen molar-refractivity contribution in [2.45, 2.75) is 105 Å². The average molecular weight is 712 g/mol. The first-order valence-electron chi connectivity index (χ1n) is 17.7. The number of fused-ring (bicyclic) bond motifs is 1. The predicted octanol–water partition coefficient (Wildman–Crippen LogP) is 3.32. The van der Waals surface area contributed by atoms with Crippen LogP contribution in [0.2, 0.25) is 0 Å². The maximum atomic E-state index is 14.2. The summed E-state index contributed by atoms with van der Waals surface area (Å²) in [6, 6.07) is 5.52. The van der Waals surface area contributed by atoms with E-state index in [1.54, 1.807) is 65.2 Å². The Labute approximate surface area is 301 Å². The van der Waals surface area contributed by atoms with Crippen LogP contribution >= 0.6 is 0 Å². The molecule has 1 aromatic rings. The van der Waals surface area contributed by atoms with Gasteiger partial charge < -0.3 is 30.9 Å². The highest BCUT2D eigenvalue weighted by atomic mass is 16.6. The second-order valence-electron chi connectivity index (χ2n) is 16.7. The van der Waals surface area contributed by atoms with Crippen LogP contribution in [-0.4, -0.2) is 84.5 Å². The van der Waals surface area contributed by atoms with Gasteiger partial charge in [0.05, 0.1) is 24.5 Å². The van der Waals surface area contributed by atoms with Crippen molar-refractivity contribution >= 4 is 41.3 Å². The molecular weight excluding hydrogens is 654 g/mol. The summed E-state index contributed by atoms with van der Waals surface area (Å²) in [5.41, 5.74) is -1.11. The molecule has 0 aromatic heterocycles. The van der Waals surface area contributed by atoms with E-state index in [2.05, 4.69) is 21.3 Å². The Morgan fingerprint density at radius 2 is 1.53 bits per heavy atom. The highest BCUT2D eigenvalue weighted by molar-refractivity contribution is 6.38. The van der Waals surface area contributed by atoms with Crippen molar-refractivity contribution in [1.82, 2.24) is 26.2 Å². The van der Waals surface area contributed by atoms with Gasteiger partial charge in [-0.3, -0.25) is 28.8 Å². The number of hydrogen-bond acceptors (Lipinski definition) is 8. The maximum absolute atomic E-state index is 14.2. The molecule has 0 bridgehead atoms. The number of amides is 5. The Morgan fingerprint density at radius 3 is 2.06 bits per heavy atom. The van der Waals surface area contributed by atoms with Gasteiger partial charge in [0.2, 0.25) is 23.5 Å². The first-order valence-corrected chi connectivity index (χ1v) is 17.7. The van der Waals surface area contributed by atoms with Crippen molar-refractivity contribution in [2.24, 2.45) is 34.5 Å². The van der Waals surface area contributed by atoms with Gasteiger partial charge in [0, 0.05) is 20.0 Å². The summed E-state index contributed by atoms with van der Waals surface area (Å²) in [6.45, 7) is 16.0. The number of carbonyl (C=O) groups is 7. The van der Waals surface area contributed by atoms with Crippen molar-refractivity contribution in [3.63, 3.8) is 0 Å². The number of carbonyl (C=O) groups excluding carboxylic acids is 7. The lowest BCUT2D eigenvalue weighted by atomic mass is 9.74. The van der Waals surface area contributed by atoms with Gasteiger partial charge in [-0.15, -0.1) is 0 Å². The molecule has 2 fully saturated rings. The molecule has 2 aliphatic rings. The number of rotatable bonds is 14. The highest BCUT2D eigenvalue weighted by Gasteiger charge is 2.70. The Bertz CT molecular complexity index is 1490. The first kappa shape index (κ1) is 41.1. The highest BCUT2D eigenvalue weighted by Crippen LogP contribution is 2.71. The number of likely N-dealkylation sites (N-methyl/N-ethyl adjacent to an activating group) is 1. The lowest BCUT2D eigenvalue weighted by Gasteiger charge is -2.35. The molecule has 4 N–H and O–H groups in total. The zero-order chi connectivity index (χ0) is 38.6. The first-order chi connectivity index (χ1) is 23.5. The molecule has 13 nitrogen and oxygen atoms in total. The summed E-state index contributed by atoms with van der Waals surface area (Å²) in [5.74, 6) is -5.32. The molecule has 5 amide bonds. The second kappa shape index (κ2) is 15.9. The van der Waals surface area contributed by atoms with E-state index >= 15 is 0 Å². The van der Waals surface area contributed by atoms with Crippen LogP contribution in [0.3, 0.4) is 0 Å². The minimum absolute atomic E-state index is 0.102. The topological polar surface area (TPSA) is 180 Å². The average Bonchev–Trinajstić information content (AvgIpc) is 3.33. The summed E-state index contributed by atoms with van der Waals surface area (Å²) in [5, 5.41) is 10.5. The van der Waals surface area contributed by atoms with E-state index in [0.717, 1.165) is 0 Å². The van der Waals surface area contributed by atoms with Crippen LogP contribution in [0, 0.1) is 34.5 Å². The minimum Gasteiger partial charge on any atom is -0.444 e. The number of nitrogens with one attached hydrogen (secondary N) is 4. The van der Waals surface area contributed by atoms with Gasteiger partial charge in [-0.05, 0) is 61.8 Å². The molecule has 0 radical (unpaired) electrons. The number of alkyl carbamates (subject to hydrolysis) is 1. The van der Waals surface area contributed by atoms with Crippen molar-refractivity contribution in [3.8, 4) is 0 Å². The molecule has 0 aliphatic heterocycles. The Kier molecular flexibility index (Phi) is 12.9. The lowest BCUT2D eigenvalue weighted by molar-refractivity contribution is -0.142. The van der Waals surface area contributed by atoms with Crippen molar-refractivity contribution < 1.29 is 38.3 Å². The molecule has 2 aliphatic carbocycles. The largest absolute Gasteiger partial charge is 0.444 e. The van der Waals surface area contributed by atoms with Gasteiger partial charge in [-0.2, -0.15) is 0 Å². The fraction of sp³-hybridized carbons (Fsp3) is 0.658. The number of hydrogen-bond donors (Lipinski definition) is 4. The molecule has 0 saturated heterocycles. The molecule has 3 rings (SSSR count). The summed E-state index contributed by atoms with van der Waals surface area (Å²) in [6.07, 6.45) is 0.352. The van der Waals surface area contributed by atoms with E-state index in [9.17, 15) is 33.6 Å². The van der Waals surface area contributed by atoms with E-state index in [-0.39, 0.29) is 35.4 Å². The fourth-order valence-electron chi connectivity index (χ4n) is 7.25. The monoisotopic (exact) mass is 711 g/mol. The standard InChI is InChI=1S/C38H57N5O8/c1-12-16-24(30(46)33(48)39-20-25(44)41-28(34(49)43(10)11)21-17-14-13-15-18-21)40-32(47)26-22(19-23-27(26)38(23,8)9)29(45)31(36(2,3)4)42-35(50)51-37(5,6)7/h13-15,17-18,22-24,26-28,31H,12,16,19-20H2,1-11H3,(H,39,48)(H,40,47)(H,41,44)(H,42,50)/t22?,23-,24?,26?,27-,28?,31+/m0/s1. The van der Waals surface area contributed by atoms with Gasteiger partial charge in [-0.1, -0.05) is 78.3 Å². The molecule has 2 saturated carbocycles. The van der Waals surface area contributed by atoms with Crippen LogP contribution < -0.4 is 21.3 Å². The molecule has 7 atom stereocenters. The van der Waals surface area contributed by atoms with Crippen molar-refractivity contribution in [3.05, 3.63) is 35.9 Å². The predicted molar refractivity (Wildman–Crippen MR) is 191 cm³/mol. The molecule has 0 heterocycles. The Hall–Kier alpha value is -4.29. The van der Waals surface area contributed by atoms with Crippen LogP contribution in [0.15, 0.2) is 30.3 Å². The Balaban J connectivity index is 1.73. The summed E-state index contributed by atoms with van der Waals surface area (Å²) in [7, 11) is 3.12. The van der Waals surface area contributed by atoms with Gasteiger partial charge >= 0.3 is 6.09 Å². The summed E-state index contributed by atoms with van der Waals surface area (Å²) < 4.78 is 5.44. The van der Waals surface area contributed by atoms with Gasteiger partial charge in [0.25, 0.3) is 5.91 Å². The van der Waals surface area contributed by atoms with Crippen LogP contribution in [-0.2, 0) is 33.5 Å². The molecular formula is C38H57N5O8. The lowest BCUT2D eigenvalue weighted by Crippen LogP contribution is -2.55. The Morgan fingerprint density at radius 1 is 0.922 bits per heavy atom. The molecule has 51 heavy (non-hydrogen) atoms. The van der Waals surface area contributed by atoms with Crippen LogP contribution in [0.1, 0.15) is 93.2 Å². The van der Waals surface area contributed by atoms with Crippen molar-refractivity contribution in [2.75, 3.05) is 20.6 Å². The smallest absolute Gasteiger partial charge is 0.408 e. The van der Waals surface area contributed by atoms with Gasteiger partial charge in [0.15, 0.2) is 5.78 Å². The third kappa shape index (κ3) is 10.2. The number of benzene rings is 1. The number of ketones is 2. The number of ether oxygens (including phenoxy) is 1. The van der Waals surface area contributed by atoms with E-state index in [4.69, 9.17) is 4.74 Å². The van der Waals surface area contributed by atoms with E-state index in [1.165, 1.54) is 4.90 Å². The van der Waals surface area contributed by atoms with E-state index in [0.29, 0.717) is 18.4 Å². The van der Waals surface area contributed by atoms with Crippen LogP contribution in [0.5, 0.6) is 0 Å². The number of Topliss-reactive ketones (excluding diaryl/α,β-unsaturated/α-hetero) is 2. The molecule has 13 heteroatoms. The third-order valence-corrected chi connectivity index (χ3v) is 9.92.